The molecule has 0 spiro atoms. The molecule has 1 atom stereocenters. The number of carbonyl (C=O) groups is 1. The number of nitrogens with two attached hydrogens (primary N) is 1. The third kappa shape index (κ3) is 4.30. The first-order valence-electron chi connectivity index (χ1n) is 7.14. The van der Waals surface area contributed by atoms with Crippen LogP contribution in [-0.2, 0) is 17.9 Å². The largest absolute Gasteiger partial charge is 0.352 e. The van der Waals surface area contributed by atoms with Crippen molar-refractivity contribution in [2.45, 2.75) is 25.6 Å². The number of amides is 1. The number of nitrogens with zero attached hydrogens (tertiary/aromatic N) is 1. The van der Waals surface area contributed by atoms with Gasteiger partial charge in [0.05, 0.1) is 0 Å². The predicted octanol–water partition coefficient (Wildman–Crippen LogP) is 0.0552. The molecule has 0 aliphatic carbocycles. The minimum absolute atomic E-state index is 0.105. The summed E-state index contributed by atoms with van der Waals surface area (Å²) in [6.45, 7) is 4.01. The maximum absolute atomic E-state index is 12.0. The van der Waals surface area contributed by atoms with Gasteiger partial charge in [-0.25, -0.2) is 0 Å². The molecule has 20 heavy (non-hydrogen) atoms. The monoisotopic (exact) mass is 276 g/mol. The summed E-state index contributed by atoms with van der Waals surface area (Å²) < 4.78 is 0. The highest BCUT2D eigenvalue weighted by molar-refractivity contribution is 5.76. The van der Waals surface area contributed by atoms with Crippen LogP contribution in [0.2, 0.25) is 0 Å². The molecule has 1 aliphatic heterocycles. The second-order valence-electron chi connectivity index (χ2n) is 5.34. The zero-order valence-electron chi connectivity index (χ0n) is 12.1. The van der Waals surface area contributed by atoms with E-state index in [9.17, 15) is 4.79 Å². The Morgan fingerprint density at radius 3 is 2.75 bits per heavy atom. The number of benzene rings is 1. The molecule has 1 heterocycles. The predicted molar refractivity (Wildman–Crippen MR) is 80.1 cm³/mol. The molecule has 4 N–H and O–H groups in total. The van der Waals surface area contributed by atoms with Crippen LogP contribution in [0.3, 0.4) is 0 Å². The summed E-state index contributed by atoms with van der Waals surface area (Å²) in [6, 6.07) is 8.32. The van der Waals surface area contributed by atoms with Crippen molar-refractivity contribution < 1.29 is 4.79 Å². The number of hydrogen-bond donors (Lipinski definition) is 3. The summed E-state index contributed by atoms with van der Waals surface area (Å²) >= 11 is 0. The molecule has 1 aliphatic rings. The first kappa shape index (κ1) is 15.0. The summed E-state index contributed by atoms with van der Waals surface area (Å²) in [6.07, 6.45) is 0.546. The van der Waals surface area contributed by atoms with Crippen molar-refractivity contribution in [3.05, 3.63) is 35.4 Å². The lowest BCUT2D eigenvalue weighted by Gasteiger charge is -2.32. The lowest BCUT2D eigenvalue weighted by Crippen LogP contribution is -2.50. The fraction of sp³-hybridized carbons (Fsp3) is 0.533. The van der Waals surface area contributed by atoms with Crippen molar-refractivity contribution in [1.82, 2.24) is 15.5 Å². The molecule has 1 amide bonds. The van der Waals surface area contributed by atoms with E-state index in [4.69, 9.17) is 5.73 Å². The van der Waals surface area contributed by atoms with Crippen molar-refractivity contribution in [3.63, 3.8) is 0 Å². The third-order valence-corrected chi connectivity index (χ3v) is 3.81. The van der Waals surface area contributed by atoms with Crippen LogP contribution in [0.4, 0.5) is 0 Å². The van der Waals surface area contributed by atoms with Gasteiger partial charge in [-0.3, -0.25) is 4.79 Å². The minimum atomic E-state index is 0.105. The number of piperazine rings is 1. The summed E-state index contributed by atoms with van der Waals surface area (Å²) in [5.74, 6) is 0.105. The fourth-order valence-corrected chi connectivity index (χ4v) is 2.37. The van der Waals surface area contributed by atoms with Gasteiger partial charge in [0.25, 0.3) is 0 Å². The molecule has 0 bridgehead atoms. The molecule has 1 aromatic rings. The van der Waals surface area contributed by atoms with E-state index >= 15 is 0 Å². The van der Waals surface area contributed by atoms with Crippen LogP contribution in [0.5, 0.6) is 0 Å². The van der Waals surface area contributed by atoms with Crippen LogP contribution < -0.4 is 16.4 Å². The van der Waals surface area contributed by atoms with E-state index in [1.165, 1.54) is 0 Å². The molecule has 1 aromatic carbocycles. The van der Waals surface area contributed by atoms with E-state index in [-0.39, 0.29) is 5.91 Å². The second kappa shape index (κ2) is 7.38. The van der Waals surface area contributed by atoms with Crippen molar-refractivity contribution in [2.24, 2.45) is 5.73 Å². The van der Waals surface area contributed by atoms with Crippen LogP contribution in [0, 0.1) is 0 Å². The highest BCUT2D eigenvalue weighted by Gasteiger charge is 2.21. The highest BCUT2D eigenvalue weighted by atomic mass is 16.1. The van der Waals surface area contributed by atoms with Crippen molar-refractivity contribution in [3.8, 4) is 0 Å². The van der Waals surface area contributed by atoms with Gasteiger partial charge >= 0.3 is 0 Å². The Balaban J connectivity index is 1.76. The van der Waals surface area contributed by atoms with Gasteiger partial charge in [0.1, 0.15) is 0 Å². The summed E-state index contributed by atoms with van der Waals surface area (Å²) in [5, 5.41) is 6.30. The molecule has 2 rings (SSSR count). The summed E-state index contributed by atoms with van der Waals surface area (Å²) in [4.78, 5) is 14.2. The first-order chi connectivity index (χ1) is 9.69. The number of hydrogen-bond acceptors (Lipinski definition) is 4. The van der Waals surface area contributed by atoms with Crippen LogP contribution in [-0.4, -0.2) is 43.5 Å². The molecule has 110 valence electrons. The molecule has 1 saturated heterocycles. The van der Waals surface area contributed by atoms with E-state index in [1.54, 1.807) is 0 Å². The van der Waals surface area contributed by atoms with Crippen LogP contribution in [0.25, 0.3) is 0 Å². The van der Waals surface area contributed by atoms with Crippen molar-refractivity contribution in [2.75, 3.05) is 26.7 Å². The molecule has 0 aromatic heterocycles. The highest BCUT2D eigenvalue weighted by Crippen LogP contribution is 2.06. The van der Waals surface area contributed by atoms with Crippen LogP contribution >= 0.6 is 0 Å². The Kier molecular flexibility index (Phi) is 5.52. The van der Waals surface area contributed by atoms with E-state index in [0.717, 1.165) is 30.8 Å². The van der Waals surface area contributed by atoms with E-state index < -0.39 is 0 Å². The number of nitrogens with one attached hydrogen (secondary N) is 2. The minimum Gasteiger partial charge on any atom is -0.352 e. The van der Waals surface area contributed by atoms with Gasteiger partial charge in [0.2, 0.25) is 5.91 Å². The van der Waals surface area contributed by atoms with Gasteiger partial charge in [-0.05, 0) is 18.2 Å². The van der Waals surface area contributed by atoms with Gasteiger partial charge in [-0.1, -0.05) is 24.3 Å². The Morgan fingerprint density at radius 2 is 2.10 bits per heavy atom. The van der Waals surface area contributed by atoms with Crippen LogP contribution in [0.1, 0.15) is 17.5 Å². The van der Waals surface area contributed by atoms with Gasteiger partial charge < -0.3 is 21.3 Å². The first-order valence-corrected chi connectivity index (χ1v) is 7.14. The molecule has 0 radical (unpaired) electrons. The third-order valence-electron chi connectivity index (χ3n) is 3.81. The number of rotatable bonds is 5. The van der Waals surface area contributed by atoms with Gasteiger partial charge in [-0.15, -0.1) is 0 Å². The molecule has 1 fully saturated rings. The molecule has 5 heteroatoms. The average molecular weight is 276 g/mol. The smallest absolute Gasteiger partial charge is 0.221 e. The number of carbonyl (C=O) groups excluding carboxylic acids is 1. The van der Waals surface area contributed by atoms with Crippen molar-refractivity contribution >= 4 is 5.91 Å². The van der Waals surface area contributed by atoms with Gasteiger partial charge in [0, 0.05) is 45.2 Å². The van der Waals surface area contributed by atoms with Gasteiger partial charge in [0.15, 0.2) is 0 Å². The standard InChI is InChI=1S/C15H24N4O/c1-19-7-6-17-11-14(19)8-15(20)18-10-13-4-2-12(9-16)3-5-13/h2-5,14,17H,6-11,16H2,1H3,(H,18,20). The molecule has 1 unspecified atom stereocenters. The Labute approximate surface area is 120 Å². The molecular weight excluding hydrogens is 252 g/mol. The lowest BCUT2D eigenvalue weighted by molar-refractivity contribution is -0.122. The summed E-state index contributed by atoms with van der Waals surface area (Å²) in [5.41, 5.74) is 7.77. The quantitative estimate of drug-likeness (QED) is 0.711. The second-order valence-corrected chi connectivity index (χ2v) is 5.34. The Morgan fingerprint density at radius 1 is 1.40 bits per heavy atom. The number of likely N-dealkylation sites (N-methyl/N-ethyl adjacent to an activating group) is 1. The van der Waals surface area contributed by atoms with Gasteiger partial charge in [-0.2, -0.15) is 0 Å². The maximum Gasteiger partial charge on any atom is 0.221 e. The zero-order chi connectivity index (χ0) is 14.4. The van der Waals surface area contributed by atoms with E-state index in [1.807, 2.05) is 24.3 Å². The summed E-state index contributed by atoms with van der Waals surface area (Å²) in [7, 11) is 2.07. The fourth-order valence-electron chi connectivity index (χ4n) is 2.37. The average Bonchev–Trinajstić information content (AvgIpc) is 2.48. The SMILES string of the molecule is CN1CCNCC1CC(=O)NCc1ccc(CN)cc1. The zero-order valence-corrected chi connectivity index (χ0v) is 12.1. The van der Waals surface area contributed by atoms with E-state index in [0.29, 0.717) is 25.6 Å². The van der Waals surface area contributed by atoms with Crippen LogP contribution in [0.15, 0.2) is 24.3 Å². The maximum atomic E-state index is 12.0. The lowest BCUT2D eigenvalue weighted by atomic mass is 10.1. The normalized spacial score (nSPS) is 19.8. The van der Waals surface area contributed by atoms with E-state index in [2.05, 4.69) is 22.6 Å². The van der Waals surface area contributed by atoms with Crippen molar-refractivity contribution in [1.29, 1.82) is 0 Å². The topological polar surface area (TPSA) is 70.4 Å². The molecule has 0 saturated carbocycles. The Bertz CT molecular complexity index is 432. The molecule has 5 nitrogen and oxygen atoms in total. The molecular formula is C15H24N4O. The Hall–Kier alpha value is -1.43.